The van der Waals surface area contributed by atoms with Gasteiger partial charge in [-0.25, -0.2) is 0 Å². The number of rotatable bonds is 8. The molecule has 2 N–H and O–H groups in total. The molecule has 6 nitrogen and oxygen atoms in total. The molecule has 1 atom stereocenters. The molecule has 100 valence electrons. The van der Waals surface area contributed by atoms with Gasteiger partial charge in [0.25, 0.3) is 5.69 Å². The zero-order valence-corrected chi connectivity index (χ0v) is 10.3. The SMILES string of the molecule is CCC(CO)NCCOc1ccc([N+](=O)[O-])cc1. The minimum atomic E-state index is -0.446. The number of non-ortho nitro benzene ring substituents is 1. The first-order valence-electron chi connectivity index (χ1n) is 5.88. The van der Waals surface area contributed by atoms with Gasteiger partial charge in [-0.05, 0) is 18.6 Å². The Kier molecular flexibility index (Phi) is 6.10. The van der Waals surface area contributed by atoms with Crippen molar-refractivity contribution in [2.45, 2.75) is 19.4 Å². The van der Waals surface area contributed by atoms with Gasteiger partial charge in [0.2, 0.25) is 0 Å². The van der Waals surface area contributed by atoms with E-state index in [2.05, 4.69) is 5.32 Å². The van der Waals surface area contributed by atoms with Crippen LogP contribution < -0.4 is 10.1 Å². The maximum atomic E-state index is 10.4. The molecule has 0 aliphatic rings. The Morgan fingerprint density at radius 3 is 2.61 bits per heavy atom. The Morgan fingerprint density at radius 1 is 1.44 bits per heavy atom. The molecular formula is C12H18N2O4. The lowest BCUT2D eigenvalue weighted by molar-refractivity contribution is -0.384. The van der Waals surface area contributed by atoms with Crippen LogP contribution in [0.4, 0.5) is 5.69 Å². The number of nitro groups is 1. The number of nitrogens with zero attached hydrogens (tertiary/aromatic N) is 1. The molecule has 0 fully saturated rings. The van der Waals surface area contributed by atoms with Crippen LogP contribution in [-0.2, 0) is 0 Å². The summed E-state index contributed by atoms with van der Waals surface area (Å²) in [7, 11) is 0. The van der Waals surface area contributed by atoms with Crippen molar-refractivity contribution in [3.05, 3.63) is 34.4 Å². The highest BCUT2D eigenvalue weighted by molar-refractivity contribution is 5.35. The third-order valence-electron chi connectivity index (χ3n) is 2.56. The fourth-order valence-corrected chi connectivity index (χ4v) is 1.43. The lowest BCUT2D eigenvalue weighted by atomic mass is 10.2. The Bertz CT molecular complexity index is 363. The molecule has 0 amide bonds. The molecule has 0 radical (unpaired) electrons. The molecule has 0 aliphatic carbocycles. The predicted molar refractivity (Wildman–Crippen MR) is 67.8 cm³/mol. The number of nitrogens with one attached hydrogen (secondary N) is 1. The lowest BCUT2D eigenvalue weighted by Crippen LogP contribution is -2.34. The van der Waals surface area contributed by atoms with Crippen molar-refractivity contribution in [3.8, 4) is 5.75 Å². The minimum Gasteiger partial charge on any atom is -0.492 e. The van der Waals surface area contributed by atoms with Crippen molar-refractivity contribution in [2.24, 2.45) is 0 Å². The highest BCUT2D eigenvalue weighted by Crippen LogP contribution is 2.16. The van der Waals surface area contributed by atoms with E-state index in [1.807, 2.05) is 6.92 Å². The molecule has 0 spiro atoms. The standard InChI is InChI=1S/C12H18N2O4/c1-2-10(9-15)13-7-8-18-12-5-3-11(4-6-12)14(16)17/h3-6,10,13,15H,2,7-9H2,1H3. The van der Waals surface area contributed by atoms with Gasteiger partial charge in [-0.3, -0.25) is 10.1 Å². The van der Waals surface area contributed by atoms with Crippen molar-refractivity contribution < 1.29 is 14.8 Å². The summed E-state index contributed by atoms with van der Waals surface area (Å²) in [6, 6.07) is 6.05. The molecule has 6 heteroatoms. The maximum Gasteiger partial charge on any atom is 0.269 e. The number of aliphatic hydroxyl groups is 1. The van der Waals surface area contributed by atoms with Crippen LogP contribution in [0.2, 0.25) is 0 Å². The summed E-state index contributed by atoms with van der Waals surface area (Å²) in [6.07, 6.45) is 0.855. The van der Waals surface area contributed by atoms with E-state index in [9.17, 15) is 10.1 Å². The van der Waals surface area contributed by atoms with Crippen LogP contribution in [0.5, 0.6) is 5.75 Å². The van der Waals surface area contributed by atoms with E-state index in [-0.39, 0.29) is 18.3 Å². The van der Waals surface area contributed by atoms with Gasteiger partial charge in [0.05, 0.1) is 11.5 Å². The van der Waals surface area contributed by atoms with Gasteiger partial charge in [-0.2, -0.15) is 0 Å². The van der Waals surface area contributed by atoms with Gasteiger partial charge in [-0.15, -0.1) is 0 Å². The Hall–Kier alpha value is -1.66. The second-order valence-electron chi connectivity index (χ2n) is 3.84. The van der Waals surface area contributed by atoms with Gasteiger partial charge < -0.3 is 15.2 Å². The fourth-order valence-electron chi connectivity index (χ4n) is 1.43. The van der Waals surface area contributed by atoms with E-state index < -0.39 is 4.92 Å². The largest absolute Gasteiger partial charge is 0.492 e. The molecule has 1 unspecified atom stereocenters. The number of ether oxygens (including phenoxy) is 1. The normalized spacial score (nSPS) is 12.1. The van der Waals surface area contributed by atoms with Crippen LogP contribution in [0.3, 0.4) is 0 Å². The summed E-state index contributed by atoms with van der Waals surface area (Å²) in [5.74, 6) is 0.597. The fraction of sp³-hybridized carbons (Fsp3) is 0.500. The molecule has 1 aromatic carbocycles. The number of aliphatic hydroxyl groups excluding tert-OH is 1. The van der Waals surface area contributed by atoms with Crippen molar-refractivity contribution in [3.63, 3.8) is 0 Å². The van der Waals surface area contributed by atoms with Gasteiger partial charge in [0.1, 0.15) is 12.4 Å². The van der Waals surface area contributed by atoms with E-state index in [0.717, 1.165) is 6.42 Å². The summed E-state index contributed by atoms with van der Waals surface area (Å²) in [4.78, 5) is 10.00. The van der Waals surface area contributed by atoms with Crippen molar-refractivity contribution in [2.75, 3.05) is 19.8 Å². The molecular weight excluding hydrogens is 236 g/mol. The van der Waals surface area contributed by atoms with Gasteiger partial charge in [0.15, 0.2) is 0 Å². The first-order chi connectivity index (χ1) is 8.67. The topological polar surface area (TPSA) is 84.6 Å². The summed E-state index contributed by atoms with van der Waals surface area (Å²) < 4.78 is 5.41. The molecule has 18 heavy (non-hydrogen) atoms. The van der Waals surface area contributed by atoms with Crippen molar-refractivity contribution in [1.29, 1.82) is 0 Å². The summed E-state index contributed by atoms with van der Waals surface area (Å²) in [5, 5.41) is 22.5. The van der Waals surface area contributed by atoms with Gasteiger partial charge in [0, 0.05) is 24.7 Å². The van der Waals surface area contributed by atoms with E-state index in [0.29, 0.717) is 18.9 Å². The predicted octanol–water partition coefficient (Wildman–Crippen LogP) is 1.33. The monoisotopic (exact) mass is 254 g/mol. The molecule has 0 aliphatic heterocycles. The van der Waals surface area contributed by atoms with Crippen LogP contribution in [-0.4, -0.2) is 35.8 Å². The zero-order valence-electron chi connectivity index (χ0n) is 10.3. The first-order valence-corrected chi connectivity index (χ1v) is 5.88. The Labute approximate surface area is 106 Å². The Morgan fingerprint density at radius 2 is 2.11 bits per heavy atom. The summed E-state index contributed by atoms with van der Waals surface area (Å²) in [5.41, 5.74) is 0.0480. The van der Waals surface area contributed by atoms with E-state index in [4.69, 9.17) is 9.84 Å². The van der Waals surface area contributed by atoms with Gasteiger partial charge >= 0.3 is 0 Å². The highest BCUT2D eigenvalue weighted by Gasteiger charge is 2.05. The summed E-state index contributed by atoms with van der Waals surface area (Å²) in [6.45, 7) is 3.17. The van der Waals surface area contributed by atoms with Crippen molar-refractivity contribution in [1.82, 2.24) is 5.32 Å². The van der Waals surface area contributed by atoms with Crippen LogP contribution in [0.25, 0.3) is 0 Å². The van der Waals surface area contributed by atoms with E-state index in [1.54, 1.807) is 12.1 Å². The third kappa shape index (κ3) is 4.68. The smallest absolute Gasteiger partial charge is 0.269 e. The first kappa shape index (κ1) is 14.4. The van der Waals surface area contributed by atoms with Crippen LogP contribution in [0, 0.1) is 10.1 Å². The van der Waals surface area contributed by atoms with E-state index in [1.165, 1.54) is 12.1 Å². The zero-order chi connectivity index (χ0) is 13.4. The van der Waals surface area contributed by atoms with Crippen LogP contribution in [0.15, 0.2) is 24.3 Å². The third-order valence-corrected chi connectivity index (χ3v) is 2.56. The molecule has 0 bridgehead atoms. The molecule has 0 saturated heterocycles. The minimum absolute atomic E-state index is 0.0480. The molecule has 1 aromatic rings. The van der Waals surface area contributed by atoms with Crippen LogP contribution in [0.1, 0.15) is 13.3 Å². The average molecular weight is 254 g/mol. The molecule has 0 heterocycles. The lowest BCUT2D eigenvalue weighted by Gasteiger charge is -2.14. The number of hydrogen-bond donors (Lipinski definition) is 2. The van der Waals surface area contributed by atoms with Gasteiger partial charge in [-0.1, -0.05) is 6.92 Å². The highest BCUT2D eigenvalue weighted by atomic mass is 16.6. The maximum absolute atomic E-state index is 10.4. The number of hydrogen-bond acceptors (Lipinski definition) is 5. The Balaban J connectivity index is 2.29. The second-order valence-corrected chi connectivity index (χ2v) is 3.84. The van der Waals surface area contributed by atoms with Crippen molar-refractivity contribution >= 4 is 5.69 Å². The molecule has 0 saturated carbocycles. The second kappa shape index (κ2) is 7.62. The number of nitro benzene ring substituents is 1. The quantitative estimate of drug-likeness (QED) is 0.415. The molecule has 0 aromatic heterocycles. The summed E-state index contributed by atoms with van der Waals surface area (Å²) >= 11 is 0. The molecule has 1 rings (SSSR count). The average Bonchev–Trinajstić information content (AvgIpc) is 2.39. The van der Waals surface area contributed by atoms with E-state index >= 15 is 0 Å². The number of benzene rings is 1. The van der Waals surface area contributed by atoms with Crippen LogP contribution >= 0.6 is 0 Å².